The van der Waals surface area contributed by atoms with Gasteiger partial charge in [0.2, 0.25) is 5.91 Å². The lowest BCUT2D eigenvalue weighted by molar-refractivity contribution is -0.133. The topological polar surface area (TPSA) is 102 Å². The molecule has 1 aromatic heterocycles. The van der Waals surface area contributed by atoms with Gasteiger partial charge < -0.3 is 15.0 Å². The van der Waals surface area contributed by atoms with Gasteiger partial charge in [-0.15, -0.1) is 5.10 Å². The van der Waals surface area contributed by atoms with E-state index in [9.17, 15) is 9.59 Å². The molecule has 0 saturated carbocycles. The summed E-state index contributed by atoms with van der Waals surface area (Å²) in [6.07, 6.45) is 1.70. The van der Waals surface area contributed by atoms with Crippen LogP contribution in [0.15, 0.2) is 48.8 Å². The number of hydrogen-bond acceptors (Lipinski definition) is 6. The number of aromatic nitrogens is 4. The van der Waals surface area contributed by atoms with Gasteiger partial charge in [-0.1, -0.05) is 23.7 Å². The van der Waals surface area contributed by atoms with Crippen LogP contribution >= 0.6 is 11.6 Å². The highest BCUT2D eigenvalue weighted by molar-refractivity contribution is 6.32. The molecule has 0 atom stereocenters. The van der Waals surface area contributed by atoms with Crippen LogP contribution in [0.5, 0.6) is 5.75 Å². The number of amides is 2. The average Bonchev–Trinajstić information content (AvgIpc) is 3.29. The van der Waals surface area contributed by atoms with Crippen molar-refractivity contribution in [2.75, 3.05) is 25.0 Å². The number of carbonyl (C=O) groups excluding carboxylic acids is 2. The number of tetrazole rings is 1. The number of anilines is 1. The predicted octanol–water partition coefficient (Wildman–Crippen LogP) is 2.74. The molecule has 0 radical (unpaired) electrons. The molecule has 2 amide bonds. The van der Waals surface area contributed by atoms with Crippen LogP contribution in [0.1, 0.15) is 19.4 Å². The van der Waals surface area contributed by atoms with Crippen molar-refractivity contribution >= 4 is 29.1 Å². The number of halogens is 1. The number of rotatable bonds is 9. The maximum atomic E-state index is 12.4. The van der Waals surface area contributed by atoms with E-state index in [-0.39, 0.29) is 24.8 Å². The highest BCUT2D eigenvalue weighted by Crippen LogP contribution is 2.28. The van der Waals surface area contributed by atoms with Gasteiger partial charge >= 0.3 is 0 Å². The molecule has 0 fully saturated rings. The minimum Gasteiger partial charge on any atom is -0.482 e. The maximum absolute atomic E-state index is 12.4. The lowest BCUT2D eigenvalue weighted by Crippen LogP contribution is -2.34. The van der Waals surface area contributed by atoms with E-state index in [0.29, 0.717) is 29.5 Å². The molecule has 3 aromatic rings. The number of nitrogens with one attached hydrogen (secondary N) is 1. The van der Waals surface area contributed by atoms with Gasteiger partial charge in [0.1, 0.15) is 12.1 Å². The predicted molar refractivity (Wildman–Crippen MR) is 116 cm³/mol. The van der Waals surface area contributed by atoms with E-state index >= 15 is 0 Å². The van der Waals surface area contributed by atoms with Crippen LogP contribution in [0.3, 0.4) is 0 Å². The first kappa shape index (κ1) is 22.2. The Hall–Kier alpha value is -3.46. The molecule has 1 N–H and O–H groups in total. The van der Waals surface area contributed by atoms with Gasteiger partial charge in [0.25, 0.3) is 5.91 Å². The number of carbonyl (C=O) groups is 2. The molecule has 1 heterocycles. The molecule has 31 heavy (non-hydrogen) atoms. The van der Waals surface area contributed by atoms with Crippen molar-refractivity contribution in [2.45, 2.75) is 20.3 Å². The van der Waals surface area contributed by atoms with E-state index in [1.165, 1.54) is 11.0 Å². The fourth-order valence-corrected chi connectivity index (χ4v) is 3.17. The molecular weight excluding hydrogens is 420 g/mol. The molecule has 162 valence electrons. The largest absolute Gasteiger partial charge is 0.482 e. The van der Waals surface area contributed by atoms with Crippen molar-refractivity contribution in [1.29, 1.82) is 0 Å². The molecular formula is C21H23ClN6O3. The first-order valence-electron chi connectivity index (χ1n) is 9.82. The highest BCUT2D eigenvalue weighted by Gasteiger charge is 2.12. The smallest absolute Gasteiger partial charge is 0.260 e. The van der Waals surface area contributed by atoms with Crippen molar-refractivity contribution in [3.8, 4) is 11.4 Å². The summed E-state index contributed by atoms with van der Waals surface area (Å²) in [6.45, 7) is 4.98. The van der Waals surface area contributed by atoms with Crippen LogP contribution in [-0.2, 0) is 16.0 Å². The van der Waals surface area contributed by atoms with Gasteiger partial charge in [-0.2, -0.15) is 0 Å². The van der Waals surface area contributed by atoms with E-state index in [1.54, 1.807) is 23.1 Å². The monoisotopic (exact) mass is 442 g/mol. The van der Waals surface area contributed by atoms with Crippen LogP contribution in [0, 0.1) is 0 Å². The van der Waals surface area contributed by atoms with Crippen molar-refractivity contribution in [3.05, 3.63) is 59.4 Å². The quantitative estimate of drug-likeness (QED) is 0.546. The van der Waals surface area contributed by atoms with E-state index in [2.05, 4.69) is 20.8 Å². The zero-order valence-electron chi connectivity index (χ0n) is 17.3. The minimum atomic E-state index is -0.184. The minimum absolute atomic E-state index is 0.0895. The Labute approximate surface area is 184 Å². The van der Waals surface area contributed by atoms with Crippen molar-refractivity contribution in [1.82, 2.24) is 25.1 Å². The summed E-state index contributed by atoms with van der Waals surface area (Å²) in [5.41, 5.74) is 2.19. The average molecular weight is 443 g/mol. The summed E-state index contributed by atoms with van der Waals surface area (Å²) >= 11 is 6.25. The molecule has 0 bridgehead atoms. The second-order valence-corrected chi connectivity index (χ2v) is 7.05. The van der Waals surface area contributed by atoms with Crippen LogP contribution in [0.2, 0.25) is 5.02 Å². The van der Waals surface area contributed by atoms with Crippen LogP contribution in [0.4, 0.5) is 5.69 Å². The summed E-state index contributed by atoms with van der Waals surface area (Å²) in [6, 6.07) is 12.3. The van der Waals surface area contributed by atoms with Gasteiger partial charge in [0.15, 0.2) is 6.61 Å². The molecule has 3 rings (SSSR count). The van der Waals surface area contributed by atoms with Gasteiger partial charge in [-0.05, 0) is 60.2 Å². The summed E-state index contributed by atoms with van der Waals surface area (Å²) in [5, 5.41) is 14.1. The number of ether oxygens (including phenoxy) is 1. The fraction of sp³-hybridized carbons (Fsp3) is 0.286. The summed E-state index contributed by atoms with van der Waals surface area (Å²) in [5.74, 6) is 0.0968. The molecule has 10 heteroatoms. The van der Waals surface area contributed by atoms with E-state index < -0.39 is 0 Å². The Kier molecular flexibility index (Phi) is 7.55. The molecule has 0 aliphatic heterocycles. The number of likely N-dealkylation sites (N-methyl/N-ethyl adjacent to an activating group) is 1. The Morgan fingerprint density at radius 1 is 1.13 bits per heavy atom. The summed E-state index contributed by atoms with van der Waals surface area (Å²) in [7, 11) is 0. The van der Waals surface area contributed by atoms with Gasteiger partial charge in [-0.25, -0.2) is 4.68 Å². The van der Waals surface area contributed by atoms with Crippen molar-refractivity contribution in [3.63, 3.8) is 0 Å². The van der Waals surface area contributed by atoms with Crippen molar-refractivity contribution < 1.29 is 14.3 Å². The molecule has 0 saturated heterocycles. The Balaban J connectivity index is 1.54. The van der Waals surface area contributed by atoms with E-state index in [0.717, 1.165) is 11.3 Å². The lowest BCUT2D eigenvalue weighted by atomic mass is 10.1. The zero-order chi connectivity index (χ0) is 22.2. The first-order valence-corrected chi connectivity index (χ1v) is 10.2. The highest BCUT2D eigenvalue weighted by atomic mass is 35.5. The van der Waals surface area contributed by atoms with Gasteiger partial charge in [0, 0.05) is 18.8 Å². The SMILES string of the molecule is CCN(CC)C(=O)COc1ccc(NC(=O)Cc2ccc(-n3cnnn3)cc2)cc1Cl. The third-order valence-corrected chi connectivity index (χ3v) is 4.89. The molecule has 2 aromatic carbocycles. The third kappa shape index (κ3) is 6.02. The second-order valence-electron chi connectivity index (χ2n) is 6.65. The van der Waals surface area contributed by atoms with Gasteiger partial charge in [0.05, 0.1) is 17.1 Å². The van der Waals surface area contributed by atoms with Gasteiger partial charge in [-0.3, -0.25) is 9.59 Å². The van der Waals surface area contributed by atoms with Crippen LogP contribution in [-0.4, -0.2) is 56.6 Å². The molecule has 9 nitrogen and oxygen atoms in total. The molecule has 0 aliphatic rings. The molecule has 0 aliphatic carbocycles. The third-order valence-electron chi connectivity index (χ3n) is 4.60. The number of hydrogen-bond donors (Lipinski definition) is 1. The zero-order valence-corrected chi connectivity index (χ0v) is 18.0. The summed E-state index contributed by atoms with van der Waals surface area (Å²) in [4.78, 5) is 26.1. The van der Waals surface area contributed by atoms with E-state index in [4.69, 9.17) is 16.3 Å². The molecule has 0 spiro atoms. The maximum Gasteiger partial charge on any atom is 0.260 e. The lowest BCUT2D eigenvalue weighted by Gasteiger charge is -2.19. The van der Waals surface area contributed by atoms with E-state index in [1.807, 2.05) is 38.1 Å². The first-order chi connectivity index (χ1) is 15.0. The standard InChI is InChI=1S/C21H23ClN6O3/c1-3-27(4-2)21(30)13-31-19-10-7-16(12-18(19)22)24-20(29)11-15-5-8-17(9-6-15)28-14-23-25-26-28/h5-10,12,14H,3-4,11,13H2,1-2H3,(H,24,29). The van der Waals surface area contributed by atoms with Crippen LogP contribution < -0.4 is 10.1 Å². The van der Waals surface area contributed by atoms with Crippen molar-refractivity contribution in [2.24, 2.45) is 0 Å². The normalized spacial score (nSPS) is 10.5. The second kappa shape index (κ2) is 10.5. The molecule has 0 unspecified atom stereocenters. The Bertz CT molecular complexity index is 1020. The Morgan fingerprint density at radius 2 is 1.87 bits per heavy atom. The van der Waals surface area contributed by atoms with Crippen LogP contribution in [0.25, 0.3) is 5.69 Å². The fourth-order valence-electron chi connectivity index (χ4n) is 2.94. The Morgan fingerprint density at radius 3 is 2.48 bits per heavy atom. The number of nitrogens with zero attached hydrogens (tertiary/aromatic N) is 5. The number of benzene rings is 2. The summed E-state index contributed by atoms with van der Waals surface area (Å²) < 4.78 is 7.06.